The molecule has 3 aromatic rings. The molecule has 160 valence electrons. The van der Waals surface area contributed by atoms with E-state index in [1.807, 2.05) is 24.3 Å². The number of methoxy groups -OCH3 is 1. The van der Waals surface area contributed by atoms with E-state index in [2.05, 4.69) is 35.2 Å². The molecule has 0 spiro atoms. The molecule has 0 amide bonds. The van der Waals surface area contributed by atoms with Crippen LogP contribution in [0.15, 0.2) is 77.4 Å². The van der Waals surface area contributed by atoms with E-state index < -0.39 is 5.97 Å². The zero-order valence-electron chi connectivity index (χ0n) is 17.6. The number of para-hydroxylation sites is 1. The summed E-state index contributed by atoms with van der Waals surface area (Å²) in [6.45, 7) is 0.865. The predicted octanol–water partition coefficient (Wildman–Crippen LogP) is 5.03. The summed E-state index contributed by atoms with van der Waals surface area (Å²) in [6.07, 6.45) is 4.29. The standard InChI is InChI=1S/C26H27NO4/c1-29-23-11-6-5-10-20(23)21-16-19-13-14-22(27(19)17-18-8-3-2-4-9-18)25(21)31-26(28)24-12-7-15-30-24/h2-12,15,19,21-22,25H,13-14,16-17H2,1H3/t19-,21-,22+,25+/m1/s1. The molecule has 0 unspecified atom stereocenters. The minimum absolute atomic E-state index is 0.0829. The molecule has 0 radical (unpaired) electrons. The van der Waals surface area contributed by atoms with Crippen molar-refractivity contribution < 1.29 is 18.7 Å². The molecular formula is C26H27NO4. The molecule has 5 nitrogen and oxygen atoms in total. The monoisotopic (exact) mass is 417 g/mol. The number of rotatable bonds is 6. The maximum Gasteiger partial charge on any atom is 0.374 e. The van der Waals surface area contributed by atoms with E-state index >= 15 is 0 Å². The Labute approximate surface area is 182 Å². The molecule has 0 aliphatic carbocycles. The number of esters is 1. The van der Waals surface area contributed by atoms with Gasteiger partial charge in [0.2, 0.25) is 5.76 Å². The third kappa shape index (κ3) is 3.86. The van der Waals surface area contributed by atoms with E-state index in [0.29, 0.717) is 6.04 Å². The van der Waals surface area contributed by atoms with Crippen LogP contribution < -0.4 is 4.74 Å². The first kappa shape index (κ1) is 19.9. The quantitative estimate of drug-likeness (QED) is 0.526. The van der Waals surface area contributed by atoms with Crippen LogP contribution in [-0.2, 0) is 11.3 Å². The fraction of sp³-hybridized carbons (Fsp3) is 0.346. The first-order chi connectivity index (χ1) is 15.2. The van der Waals surface area contributed by atoms with Gasteiger partial charge in [0.1, 0.15) is 11.9 Å². The highest BCUT2D eigenvalue weighted by Gasteiger charge is 2.50. The fourth-order valence-corrected chi connectivity index (χ4v) is 5.32. The van der Waals surface area contributed by atoms with Gasteiger partial charge in [-0.2, -0.15) is 0 Å². The Hall–Kier alpha value is -3.05. The van der Waals surface area contributed by atoms with E-state index in [-0.39, 0.29) is 23.8 Å². The maximum atomic E-state index is 12.9. The van der Waals surface area contributed by atoms with Gasteiger partial charge >= 0.3 is 5.97 Å². The summed E-state index contributed by atoms with van der Waals surface area (Å²) < 4.78 is 17.1. The van der Waals surface area contributed by atoms with Crippen LogP contribution in [0.4, 0.5) is 0 Å². The van der Waals surface area contributed by atoms with Gasteiger partial charge in [-0.1, -0.05) is 48.5 Å². The van der Waals surface area contributed by atoms with Crippen molar-refractivity contribution in [2.75, 3.05) is 7.11 Å². The highest BCUT2D eigenvalue weighted by atomic mass is 16.6. The zero-order chi connectivity index (χ0) is 21.2. The van der Waals surface area contributed by atoms with E-state index in [1.165, 1.54) is 11.8 Å². The van der Waals surface area contributed by atoms with Crippen LogP contribution >= 0.6 is 0 Å². The number of fused-ring (bicyclic) bond motifs is 2. The molecular weight excluding hydrogens is 390 g/mol. The summed E-state index contributed by atoms with van der Waals surface area (Å²) in [5, 5.41) is 0. The van der Waals surface area contributed by atoms with Crippen molar-refractivity contribution >= 4 is 5.97 Å². The van der Waals surface area contributed by atoms with Crippen molar-refractivity contribution in [1.29, 1.82) is 0 Å². The second kappa shape index (κ2) is 8.60. The van der Waals surface area contributed by atoms with Crippen LogP contribution in [0.1, 0.15) is 46.9 Å². The fourth-order valence-electron chi connectivity index (χ4n) is 5.32. The van der Waals surface area contributed by atoms with E-state index in [0.717, 1.165) is 37.1 Å². The Bertz CT molecular complexity index is 1020. The minimum Gasteiger partial charge on any atom is -0.496 e. The van der Waals surface area contributed by atoms with Crippen molar-refractivity contribution in [2.24, 2.45) is 0 Å². The predicted molar refractivity (Wildman–Crippen MR) is 117 cm³/mol. The largest absolute Gasteiger partial charge is 0.496 e. The molecule has 2 aromatic carbocycles. The van der Waals surface area contributed by atoms with Crippen molar-refractivity contribution in [1.82, 2.24) is 4.90 Å². The van der Waals surface area contributed by atoms with Gasteiger partial charge in [0, 0.05) is 30.1 Å². The zero-order valence-corrected chi connectivity index (χ0v) is 17.6. The number of nitrogens with zero attached hydrogens (tertiary/aromatic N) is 1. The lowest BCUT2D eigenvalue weighted by atomic mass is 9.81. The third-order valence-corrected chi connectivity index (χ3v) is 6.70. The first-order valence-corrected chi connectivity index (χ1v) is 10.9. The topological polar surface area (TPSA) is 51.9 Å². The molecule has 3 heterocycles. The average molecular weight is 418 g/mol. The number of carbonyl (C=O) groups is 1. The smallest absolute Gasteiger partial charge is 0.374 e. The Morgan fingerprint density at radius 1 is 1.03 bits per heavy atom. The molecule has 5 heteroatoms. The normalized spacial score (nSPS) is 25.3. The summed E-state index contributed by atoms with van der Waals surface area (Å²) in [5.74, 6) is 0.774. The SMILES string of the molecule is COc1ccccc1[C@H]1C[C@H]2CC[C@@H]([C@H]1OC(=O)c1ccco1)N2Cc1ccccc1. The molecule has 0 N–H and O–H groups in total. The third-order valence-electron chi connectivity index (χ3n) is 6.70. The lowest BCUT2D eigenvalue weighted by Gasteiger charge is -2.44. The van der Waals surface area contributed by atoms with Gasteiger partial charge in [0.05, 0.1) is 13.4 Å². The second-order valence-corrected chi connectivity index (χ2v) is 8.39. The van der Waals surface area contributed by atoms with Crippen LogP contribution in [0, 0.1) is 0 Å². The number of ether oxygens (including phenoxy) is 2. The number of furan rings is 1. The molecule has 2 aliphatic heterocycles. The summed E-state index contributed by atoms with van der Waals surface area (Å²) in [6, 6.07) is 22.6. The van der Waals surface area contributed by atoms with Gasteiger partial charge in [-0.15, -0.1) is 0 Å². The Morgan fingerprint density at radius 3 is 2.61 bits per heavy atom. The molecule has 0 saturated carbocycles. The van der Waals surface area contributed by atoms with E-state index in [4.69, 9.17) is 13.9 Å². The molecule has 2 bridgehead atoms. The van der Waals surface area contributed by atoms with E-state index in [1.54, 1.807) is 19.2 Å². The second-order valence-electron chi connectivity index (χ2n) is 8.39. The number of carbonyl (C=O) groups excluding carboxylic acids is 1. The number of hydrogen-bond donors (Lipinski definition) is 0. The highest BCUT2D eigenvalue weighted by molar-refractivity contribution is 5.86. The first-order valence-electron chi connectivity index (χ1n) is 10.9. The Morgan fingerprint density at radius 2 is 1.84 bits per heavy atom. The molecule has 31 heavy (non-hydrogen) atoms. The van der Waals surface area contributed by atoms with Crippen molar-refractivity contribution in [3.05, 3.63) is 89.9 Å². The van der Waals surface area contributed by atoms with Crippen LogP contribution in [0.5, 0.6) is 5.75 Å². The Kier molecular flexibility index (Phi) is 5.51. The molecule has 1 aromatic heterocycles. The summed E-state index contributed by atoms with van der Waals surface area (Å²) in [4.78, 5) is 15.4. The summed E-state index contributed by atoms with van der Waals surface area (Å²) in [7, 11) is 1.70. The van der Waals surface area contributed by atoms with Gasteiger partial charge in [0.25, 0.3) is 0 Å². The van der Waals surface area contributed by atoms with Crippen LogP contribution in [0.25, 0.3) is 0 Å². The lowest BCUT2D eigenvalue weighted by Crippen LogP contribution is -2.52. The Balaban J connectivity index is 1.48. The van der Waals surface area contributed by atoms with Gasteiger partial charge in [-0.3, -0.25) is 4.90 Å². The van der Waals surface area contributed by atoms with Crippen molar-refractivity contribution in [3.63, 3.8) is 0 Å². The molecule has 2 fully saturated rings. The van der Waals surface area contributed by atoms with Gasteiger partial charge < -0.3 is 13.9 Å². The van der Waals surface area contributed by atoms with Gasteiger partial charge in [-0.25, -0.2) is 4.79 Å². The van der Waals surface area contributed by atoms with Crippen LogP contribution in [0.3, 0.4) is 0 Å². The van der Waals surface area contributed by atoms with Crippen molar-refractivity contribution in [3.8, 4) is 5.75 Å². The number of piperidine rings is 1. The number of hydrogen-bond acceptors (Lipinski definition) is 5. The minimum atomic E-state index is -0.403. The van der Waals surface area contributed by atoms with Crippen LogP contribution in [0.2, 0.25) is 0 Å². The molecule has 4 atom stereocenters. The van der Waals surface area contributed by atoms with Gasteiger partial charge in [-0.05, 0) is 43.0 Å². The van der Waals surface area contributed by atoms with Crippen molar-refractivity contribution in [2.45, 2.75) is 49.9 Å². The summed E-state index contributed by atoms with van der Waals surface area (Å²) in [5.41, 5.74) is 2.39. The van der Waals surface area contributed by atoms with E-state index in [9.17, 15) is 4.79 Å². The molecule has 2 saturated heterocycles. The number of benzene rings is 2. The molecule has 5 rings (SSSR count). The lowest BCUT2D eigenvalue weighted by molar-refractivity contribution is -0.0364. The molecule has 2 aliphatic rings. The highest BCUT2D eigenvalue weighted by Crippen LogP contribution is 2.47. The maximum absolute atomic E-state index is 12.9. The van der Waals surface area contributed by atoms with Crippen LogP contribution in [-0.4, -0.2) is 36.2 Å². The summed E-state index contributed by atoms with van der Waals surface area (Å²) >= 11 is 0. The average Bonchev–Trinajstić information content (AvgIpc) is 3.44. The van der Waals surface area contributed by atoms with Gasteiger partial charge in [0.15, 0.2) is 0 Å².